The predicted molar refractivity (Wildman–Crippen MR) is 200 cm³/mol. The number of nitrogens with one attached hydrogen (secondary N) is 2. The molecule has 2 aliphatic heterocycles. The Kier molecular flexibility index (Phi) is 13.9. The fourth-order valence-electron chi connectivity index (χ4n) is 6.90. The lowest BCUT2D eigenvalue weighted by atomic mass is 9.98. The van der Waals surface area contributed by atoms with Gasteiger partial charge in [-0.05, 0) is 58.9 Å². The number of piperazine rings is 1. The highest BCUT2D eigenvalue weighted by Crippen LogP contribution is 2.39. The number of aliphatic hydroxyl groups excluding tert-OH is 1. The quantitative estimate of drug-likeness (QED) is 0.0667. The maximum atomic E-state index is 12.5. The van der Waals surface area contributed by atoms with Gasteiger partial charge in [0.05, 0.1) is 18.8 Å². The molecule has 4 N–H and O–H groups in total. The molecule has 53 heavy (non-hydrogen) atoms. The normalized spacial score (nSPS) is 19.1. The smallest absolute Gasteiger partial charge is 0.243 e. The van der Waals surface area contributed by atoms with Crippen LogP contribution in [0.1, 0.15) is 79.6 Å². The second-order valence-electron chi connectivity index (χ2n) is 13.7. The van der Waals surface area contributed by atoms with E-state index in [9.17, 15) is 14.7 Å². The van der Waals surface area contributed by atoms with Gasteiger partial charge in [-0.2, -0.15) is 0 Å². The van der Waals surface area contributed by atoms with Crippen molar-refractivity contribution < 1.29 is 29.4 Å². The summed E-state index contributed by atoms with van der Waals surface area (Å²) >= 11 is 0. The van der Waals surface area contributed by atoms with E-state index < -0.39 is 6.29 Å². The van der Waals surface area contributed by atoms with Crippen LogP contribution in [0.2, 0.25) is 0 Å². The molecule has 4 aromatic rings. The summed E-state index contributed by atoms with van der Waals surface area (Å²) in [6.07, 6.45) is 7.33. The zero-order valence-electron chi connectivity index (χ0n) is 30.1. The number of aliphatic hydroxyl groups is 1. The van der Waals surface area contributed by atoms with Gasteiger partial charge in [-0.1, -0.05) is 73.5 Å². The number of aromatic nitrogens is 2. The van der Waals surface area contributed by atoms with Gasteiger partial charge in [0.25, 0.3) is 0 Å². The highest BCUT2D eigenvalue weighted by Gasteiger charge is 2.34. The van der Waals surface area contributed by atoms with Gasteiger partial charge in [-0.3, -0.25) is 19.7 Å². The Morgan fingerprint density at radius 3 is 2.17 bits per heavy atom. The van der Waals surface area contributed by atoms with E-state index in [0.717, 1.165) is 91.3 Å². The molecule has 12 nitrogen and oxygen atoms in total. The van der Waals surface area contributed by atoms with Crippen LogP contribution < -0.4 is 15.7 Å². The fourth-order valence-corrected chi connectivity index (χ4v) is 6.90. The van der Waals surface area contributed by atoms with Gasteiger partial charge in [-0.15, -0.1) is 0 Å². The first-order chi connectivity index (χ1) is 26.0. The van der Waals surface area contributed by atoms with Crippen molar-refractivity contribution in [3.63, 3.8) is 0 Å². The number of nitrogens with zero attached hydrogens (tertiary/aromatic N) is 4. The molecule has 0 spiro atoms. The molecule has 12 heteroatoms. The number of benzene rings is 3. The molecule has 280 valence electrons. The number of unbranched alkanes of at least 4 members (excludes halogenated alkanes) is 3. The Morgan fingerprint density at radius 1 is 0.755 bits per heavy atom. The van der Waals surface area contributed by atoms with Gasteiger partial charge in [0.15, 0.2) is 6.29 Å². The lowest BCUT2D eigenvalue weighted by Gasteiger charge is -2.40. The number of rotatable bonds is 16. The summed E-state index contributed by atoms with van der Waals surface area (Å²) in [6.45, 7) is 4.69. The van der Waals surface area contributed by atoms with Crippen LogP contribution >= 0.6 is 0 Å². The van der Waals surface area contributed by atoms with Crippen LogP contribution in [0.4, 0.5) is 5.95 Å². The van der Waals surface area contributed by atoms with Gasteiger partial charge in [0.2, 0.25) is 17.8 Å². The molecule has 0 radical (unpaired) electrons. The van der Waals surface area contributed by atoms with Crippen LogP contribution in [0.3, 0.4) is 0 Å². The summed E-state index contributed by atoms with van der Waals surface area (Å²) < 4.78 is 13.4. The van der Waals surface area contributed by atoms with Gasteiger partial charge in [0.1, 0.15) is 0 Å². The van der Waals surface area contributed by atoms with Crippen LogP contribution in [0, 0.1) is 0 Å². The van der Waals surface area contributed by atoms with E-state index in [2.05, 4.69) is 49.4 Å². The van der Waals surface area contributed by atoms with Crippen molar-refractivity contribution in [2.45, 2.75) is 76.6 Å². The Labute approximate surface area is 311 Å². The molecule has 2 amide bonds. The lowest BCUT2D eigenvalue weighted by Crippen LogP contribution is -2.50. The molecule has 3 atom stereocenters. The van der Waals surface area contributed by atoms with E-state index in [1.165, 1.54) is 0 Å². The fraction of sp³-hybridized carbons (Fsp3) is 0.415. The van der Waals surface area contributed by atoms with E-state index in [1.807, 2.05) is 54.6 Å². The van der Waals surface area contributed by atoms with Crippen LogP contribution in [-0.4, -0.2) is 75.8 Å². The molecular weight excluding hydrogens is 672 g/mol. The number of carbonyl (C=O) groups is 2. The summed E-state index contributed by atoms with van der Waals surface area (Å²) in [4.78, 5) is 37.1. The summed E-state index contributed by atoms with van der Waals surface area (Å²) in [5, 5.41) is 21.2. The molecule has 2 aliphatic rings. The zero-order chi connectivity index (χ0) is 36.8. The van der Waals surface area contributed by atoms with E-state index in [1.54, 1.807) is 17.9 Å². The third kappa shape index (κ3) is 11.1. The first-order valence-electron chi connectivity index (χ1n) is 18.6. The minimum atomic E-state index is -0.565. The topological polar surface area (TPSA) is 149 Å². The minimum Gasteiger partial charge on any atom is -0.392 e. The number of hydroxylamine groups is 1. The predicted octanol–water partition coefficient (Wildman–Crippen LogP) is 5.47. The van der Waals surface area contributed by atoms with Crippen LogP contribution in [-0.2, 0) is 32.2 Å². The average Bonchev–Trinajstić information content (AvgIpc) is 3.22. The van der Waals surface area contributed by atoms with Crippen molar-refractivity contribution >= 4 is 17.8 Å². The molecule has 0 saturated carbocycles. The number of carbonyl (C=O) groups excluding carboxylic acids is 2. The average molecular weight is 723 g/mol. The molecule has 0 aliphatic carbocycles. The third-order valence-electron chi connectivity index (χ3n) is 9.88. The minimum absolute atomic E-state index is 0.000651. The van der Waals surface area contributed by atoms with Crippen molar-refractivity contribution in [1.82, 2.24) is 25.7 Å². The molecule has 2 saturated heterocycles. The highest BCUT2D eigenvalue weighted by molar-refractivity contribution is 5.76. The van der Waals surface area contributed by atoms with Gasteiger partial charge >= 0.3 is 0 Å². The first-order valence-corrected chi connectivity index (χ1v) is 18.6. The third-order valence-corrected chi connectivity index (χ3v) is 9.88. The Bertz CT molecular complexity index is 1750. The van der Waals surface area contributed by atoms with Crippen LogP contribution in [0.15, 0.2) is 91.3 Å². The number of amides is 2. The van der Waals surface area contributed by atoms with Crippen molar-refractivity contribution in [3.05, 3.63) is 114 Å². The Hall–Kier alpha value is -4.72. The van der Waals surface area contributed by atoms with Gasteiger partial charge in [0, 0.05) is 76.5 Å². The summed E-state index contributed by atoms with van der Waals surface area (Å²) in [5.74, 6) is 0.385. The summed E-state index contributed by atoms with van der Waals surface area (Å²) in [7, 11) is 0. The lowest BCUT2D eigenvalue weighted by molar-refractivity contribution is -0.253. The van der Waals surface area contributed by atoms with Crippen LogP contribution in [0.5, 0.6) is 0 Å². The molecule has 1 aromatic heterocycles. The van der Waals surface area contributed by atoms with Gasteiger partial charge in [-0.25, -0.2) is 15.4 Å². The van der Waals surface area contributed by atoms with E-state index >= 15 is 0 Å². The molecule has 3 heterocycles. The molecule has 0 bridgehead atoms. The number of hydrogen-bond acceptors (Lipinski definition) is 10. The summed E-state index contributed by atoms with van der Waals surface area (Å²) in [6, 6.07) is 26.3. The van der Waals surface area contributed by atoms with Crippen molar-refractivity contribution in [3.8, 4) is 11.1 Å². The monoisotopic (exact) mass is 722 g/mol. The van der Waals surface area contributed by atoms with Gasteiger partial charge < -0.3 is 24.8 Å². The van der Waals surface area contributed by atoms with Crippen molar-refractivity contribution in [2.75, 3.05) is 37.6 Å². The van der Waals surface area contributed by atoms with Crippen LogP contribution in [0.25, 0.3) is 11.1 Å². The summed E-state index contributed by atoms with van der Waals surface area (Å²) in [5.41, 5.74) is 7.57. The van der Waals surface area contributed by atoms with Crippen molar-refractivity contribution in [1.29, 1.82) is 0 Å². The first kappa shape index (κ1) is 38.0. The zero-order valence-corrected chi connectivity index (χ0v) is 30.1. The second-order valence-corrected chi connectivity index (χ2v) is 13.7. The Balaban J connectivity index is 1.08. The maximum absolute atomic E-state index is 12.5. The number of hydrogen-bond donors (Lipinski definition) is 4. The van der Waals surface area contributed by atoms with E-state index in [4.69, 9.17) is 14.7 Å². The second kappa shape index (κ2) is 19.4. The largest absolute Gasteiger partial charge is 0.392 e. The van der Waals surface area contributed by atoms with E-state index in [0.29, 0.717) is 25.8 Å². The SMILES string of the molecule is O=C(CCCCCCC(=O)NCc1cccc(-c2cccc(C3OC(CN4CCN(c5ncccn5)CC4)CC(c4ccc(CO)cc4)O3)c2)c1)NO. The number of ether oxygens (including phenoxy) is 2. The molecule has 3 unspecified atom stereocenters. The Morgan fingerprint density at radius 2 is 1.45 bits per heavy atom. The standard InChI is InChI=1S/C41H50N6O6/c48-29-30-14-16-32(17-15-30)37-26-36(28-46-20-22-47(23-21-46)41-42-18-7-19-43-41)52-40(53-37)35-11-6-10-34(25-35)33-9-5-8-31(24-33)27-44-38(49)12-3-1-2-4-13-39(50)45-51/h5-11,14-19,24-25,36-37,40,48,51H,1-4,12-13,20-23,26-29H2,(H,44,49)(H,45,50). The van der Waals surface area contributed by atoms with Crippen molar-refractivity contribution in [2.24, 2.45) is 0 Å². The van der Waals surface area contributed by atoms with E-state index in [-0.39, 0.29) is 37.0 Å². The maximum Gasteiger partial charge on any atom is 0.243 e. The molecule has 3 aromatic carbocycles. The molecular formula is C41H50N6O6. The molecule has 2 fully saturated rings. The number of anilines is 1. The highest BCUT2D eigenvalue weighted by atomic mass is 16.7. The molecule has 6 rings (SSSR count).